The van der Waals surface area contributed by atoms with Crippen LogP contribution < -0.4 is 5.32 Å². The third-order valence-electron chi connectivity index (χ3n) is 2.90. The molecule has 1 amide bonds. The fourth-order valence-corrected chi connectivity index (χ4v) is 1.91. The normalized spacial score (nSPS) is 27.8. The lowest BCUT2D eigenvalue weighted by Crippen LogP contribution is -2.48. The zero-order chi connectivity index (χ0) is 10.6. The molecule has 0 aromatic heterocycles. The van der Waals surface area contributed by atoms with E-state index in [4.69, 9.17) is 0 Å². The molecule has 1 fully saturated rings. The Labute approximate surface area is 85.3 Å². The summed E-state index contributed by atoms with van der Waals surface area (Å²) in [5, 5.41) is 12.5. The third kappa shape index (κ3) is 2.69. The molecular weight excluding hydrogens is 180 g/mol. The standard InChI is InChI=1S/C10H20N2O2/c1-3-8-7-12(5-4-9(8)13)10(14)6-11-2/h8-9,11,13H,3-7H2,1-2H3. The van der Waals surface area contributed by atoms with Crippen LogP contribution >= 0.6 is 0 Å². The molecule has 4 heteroatoms. The van der Waals surface area contributed by atoms with Crippen molar-refractivity contribution in [2.24, 2.45) is 5.92 Å². The summed E-state index contributed by atoms with van der Waals surface area (Å²) >= 11 is 0. The first-order valence-electron chi connectivity index (χ1n) is 5.29. The van der Waals surface area contributed by atoms with Gasteiger partial charge in [-0.15, -0.1) is 0 Å². The topological polar surface area (TPSA) is 52.6 Å². The predicted octanol–water partition coefficient (Wildman–Crippen LogP) is -0.175. The second-order valence-corrected chi connectivity index (χ2v) is 3.89. The van der Waals surface area contributed by atoms with Gasteiger partial charge in [0.05, 0.1) is 12.6 Å². The van der Waals surface area contributed by atoms with Crippen molar-refractivity contribution in [3.63, 3.8) is 0 Å². The number of nitrogens with one attached hydrogen (secondary N) is 1. The Morgan fingerprint density at radius 1 is 1.64 bits per heavy atom. The lowest BCUT2D eigenvalue weighted by molar-refractivity contribution is -0.133. The molecule has 0 bridgehead atoms. The first-order chi connectivity index (χ1) is 6.69. The van der Waals surface area contributed by atoms with Crippen molar-refractivity contribution in [2.45, 2.75) is 25.9 Å². The van der Waals surface area contributed by atoms with E-state index >= 15 is 0 Å². The van der Waals surface area contributed by atoms with Gasteiger partial charge in [-0.25, -0.2) is 0 Å². The van der Waals surface area contributed by atoms with Crippen LogP contribution in [0.2, 0.25) is 0 Å². The van der Waals surface area contributed by atoms with Crippen LogP contribution in [-0.4, -0.2) is 48.7 Å². The average Bonchev–Trinajstić information content (AvgIpc) is 2.19. The van der Waals surface area contributed by atoms with Crippen LogP contribution in [0.5, 0.6) is 0 Å². The van der Waals surface area contributed by atoms with Crippen LogP contribution in [0, 0.1) is 5.92 Å². The molecule has 0 aliphatic carbocycles. The van der Waals surface area contributed by atoms with Gasteiger partial charge in [0.2, 0.25) is 5.91 Å². The van der Waals surface area contributed by atoms with Crippen molar-refractivity contribution in [2.75, 3.05) is 26.7 Å². The molecule has 4 nitrogen and oxygen atoms in total. The Morgan fingerprint density at radius 2 is 2.36 bits per heavy atom. The molecule has 1 aliphatic rings. The Hall–Kier alpha value is -0.610. The van der Waals surface area contributed by atoms with Gasteiger partial charge in [0.15, 0.2) is 0 Å². The lowest BCUT2D eigenvalue weighted by Gasteiger charge is -2.35. The van der Waals surface area contributed by atoms with Gasteiger partial charge < -0.3 is 15.3 Å². The smallest absolute Gasteiger partial charge is 0.236 e. The molecule has 1 rings (SSSR count). The molecule has 0 aromatic carbocycles. The van der Waals surface area contributed by atoms with E-state index in [0.29, 0.717) is 26.1 Å². The third-order valence-corrected chi connectivity index (χ3v) is 2.90. The summed E-state index contributed by atoms with van der Waals surface area (Å²) in [6.45, 7) is 3.85. The summed E-state index contributed by atoms with van der Waals surface area (Å²) in [5.74, 6) is 0.391. The second-order valence-electron chi connectivity index (χ2n) is 3.89. The van der Waals surface area contributed by atoms with Crippen molar-refractivity contribution in [3.05, 3.63) is 0 Å². The van der Waals surface area contributed by atoms with E-state index in [1.165, 1.54) is 0 Å². The van der Waals surface area contributed by atoms with Gasteiger partial charge in [-0.2, -0.15) is 0 Å². The molecule has 0 saturated carbocycles. The molecule has 1 aliphatic heterocycles. The quantitative estimate of drug-likeness (QED) is 0.665. The van der Waals surface area contributed by atoms with Crippen LogP contribution in [0.3, 0.4) is 0 Å². The lowest BCUT2D eigenvalue weighted by atomic mass is 9.92. The summed E-state index contributed by atoms with van der Waals surface area (Å²) in [7, 11) is 1.77. The summed E-state index contributed by atoms with van der Waals surface area (Å²) in [5.41, 5.74) is 0. The Balaban J connectivity index is 2.45. The molecule has 1 heterocycles. The van der Waals surface area contributed by atoms with E-state index in [2.05, 4.69) is 12.2 Å². The second kappa shape index (κ2) is 5.32. The number of hydrogen-bond acceptors (Lipinski definition) is 3. The number of aliphatic hydroxyl groups excluding tert-OH is 1. The van der Waals surface area contributed by atoms with Crippen LogP contribution in [0.1, 0.15) is 19.8 Å². The van der Waals surface area contributed by atoms with Gasteiger partial charge >= 0.3 is 0 Å². The van der Waals surface area contributed by atoms with Gasteiger partial charge in [-0.1, -0.05) is 6.92 Å². The van der Waals surface area contributed by atoms with Crippen molar-refractivity contribution < 1.29 is 9.90 Å². The first kappa shape index (κ1) is 11.5. The Morgan fingerprint density at radius 3 is 2.93 bits per heavy atom. The highest BCUT2D eigenvalue weighted by Gasteiger charge is 2.28. The van der Waals surface area contributed by atoms with Gasteiger partial charge in [0, 0.05) is 19.0 Å². The number of likely N-dealkylation sites (tertiary alicyclic amines) is 1. The number of carbonyl (C=O) groups excluding carboxylic acids is 1. The SMILES string of the molecule is CCC1CN(C(=O)CNC)CCC1O. The average molecular weight is 200 g/mol. The Bertz CT molecular complexity index is 197. The van der Waals surface area contributed by atoms with E-state index in [1.54, 1.807) is 7.05 Å². The number of nitrogens with zero attached hydrogens (tertiary/aromatic N) is 1. The van der Waals surface area contributed by atoms with Crippen LogP contribution in [0.15, 0.2) is 0 Å². The highest BCUT2D eigenvalue weighted by molar-refractivity contribution is 5.78. The van der Waals surface area contributed by atoms with Gasteiger partial charge in [0.25, 0.3) is 0 Å². The zero-order valence-corrected chi connectivity index (χ0v) is 8.99. The number of aliphatic hydroxyl groups is 1. The molecular formula is C10H20N2O2. The number of amides is 1. The minimum atomic E-state index is -0.223. The summed E-state index contributed by atoms with van der Waals surface area (Å²) in [6.07, 6.45) is 1.43. The van der Waals surface area contributed by atoms with Crippen molar-refractivity contribution in [3.8, 4) is 0 Å². The van der Waals surface area contributed by atoms with Crippen LogP contribution in [-0.2, 0) is 4.79 Å². The summed E-state index contributed by atoms with van der Waals surface area (Å²) in [6, 6.07) is 0. The van der Waals surface area contributed by atoms with Gasteiger partial charge in [0.1, 0.15) is 0 Å². The fourth-order valence-electron chi connectivity index (χ4n) is 1.91. The van der Waals surface area contributed by atoms with Crippen LogP contribution in [0.25, 0.3) is 0 Å². The maximum Gasteiger partial charge on any atom is 0.236 e. The van der Waals surface area contributed by atoms with E-state index in [9.17, 15) is 9.90 Å². The van der Waals surface area contributed by atoms with Crippen molar-refractivity contribution in [1.29, 1.82) is 0 Å². The van der Waals surface area contributed by atoms with Crippen molar-refractivity contribution in [1.82, 2.24) is 10.2 Å². The zero-order valence-electron chi connectivity index (χ0n) is 8.99. The maximum atomic E-state index is 11.5. The molecule has 82 valence electrons. The fraction of sp³-hybridized carbons (Fsp3) is 0.900. The summed E-state index contributed by atoms with van der Waals surface area (Å²) in [4.78, 5) is 13.4. The van der Waals surface area contributed by atoms with Crippen LogP contribution in [0.4, 0.5) is 0 Å². The highest BCUT2D eigenvalue weighted by Crippen LogP contribution is 2.19. The molecule has 14 heavy (non-hydrogen) atoms. The minimum Gasteiger partial charge on any atom is -0.393 e. The summed E-state index contributed by atoms with van der Waals surface area (Å²) < 4.78 is 0. The predicted molar refractivity (Wildman–Crippen MR) is 54.9 cm³/mol. The highest BCUT2D eigenvalue weighted by atomic mass is 16.3. The molecule has 2 unspecified atom stereocenters. The van der Waals surface area contributed by atoms with E-state index in [-0.39, 0.29) is 17.9 Å². The number of rotatable bonds is 3. The number of hydrogen-bond donors (Lipinski definition) is 2. The van der Waals surface area contributed by atoms with Gasteiger partial charge in [-0.05, 0) is 19.9 Å². The van der Waals surface area contributed by atoms with E-state index < -0.39 is 0 Å². The minimum absolute atomic E-state index is 0.137. The van der Waals surface area contributed by atoms with E-state index in [0.717, 1.165) is 6.42 Å². The Kier molecular flexibility index (Phi) is 4.35. The molecule has 0 radical (unpaired) electrons. The number of piperidine rings is 1. The van der Waals surface area contributed by atoms with Gasteiger partial charge in [-0.3, -0.25) is 4.79 Å². The molecule has 0 spiro atoms. The maximum absolute atomic E-state index is 11.5. The van der Waals surface area contributed by atoms with Crippen molar-refractivity contribution >= 4 is 5.91 Å². The number of carbonyl (C=O) groups is 1. The van der Waals surface area contributed by atoms with E-state index in [1.807, 2.05) is 4.90 Å². The monoisotopic (exact) mass is 200 g/mol. The molecule has 2 atom stereocenters. The largest absolute Gasteiger partial charge is 0.393 e. The first-order valence-corrected chi connectivity index (χ1v) is 5.29. The molecule has 2 N–H and O–H groups in total. The molecule has 1 saturated heterocycles. The molecule has 0 aromatic rings. The number of likely N-dealkylation sites (N-methyl/N-ethyl adjacent to an activating group) is 1.